The molecule has 0 fully saturated rings. The van der Waals surface area contributed by atoms with Gasteiger partial charge in [-0.15, -0.1) is 0 Å². The Labute approximate surface area is 139 Å². The van der Waals surface area contributed by atoms with Crippen molar-refractivity contribution in [3.8, 4) is 5.69 Å². The summed E-state index contributed by atoms with van der Waals surface area (Å²) in [7, 11) is 0. The maximum Gasteiger partial charge on any atom is 0.225 e. The fraction of sp³-hybridized carbons (Fsp3) is 0.312. The largest absolute Gasteiger partial charge is 0.369 e. The SMILES string of the molecule is CCC(C)(C)Nc1ncc2nc(N)n(-c3cccc(Cl)c3)c2n1. The number of nitrogens with two attached hydrogens (primary N) is 1. The number of imidazole rings is 1. The second-order valence-corrected chi connectivity index (χ2v) is 6.49. The minimum atomic E-state index is -0.0971. The number of fused-ring (bicyclic) bond motifs is 1. The van der Waals surface area contributed by atoms with E-state index in [-0.39, 0.29) is 5.54 Å². The van der Waals surface area contributed by atoms with Crippen molar-refractivity contribution in [2.75, 3.05) is 11.1 Å². The molecule has 3 aromatic rings. The van der Waals surface area contributed by atoms with Crippen LogP contribution in [0.4, 0.5) is 11.9 Å². The molecule has 0 bridgehead atoms. The zero-order valence-electron chi connectivity index (χ0n) is 13.3. The van der Waals surface area contributed by atoms with Crippen LogP contribution in [0.5, 0.6) is 0 Å². The Balaban J connectivity index is 2.13. The Hall–Kier alpha value is -2.34. The number of nitrogens with zero attached hydrogens (tertiary/aromatic N) is 4. The normalized spacial score (nSPS) is 11.8. The number of nitrogen functional groups attached to an aromatic ring is 1. The lowest BCUT2D eigenvalue weighted by molar-refractivity contribution is 0.542. The highest BCUT2D eigenvalue weighted by molar-refractivity contribution is 6.30. The van der Waals surface area contributed by atoms with Crippen molar-refractivity contribution in [1.29, 1.82) is 0 Å². The Kier molecular flexibility index (Phi) is 3.85. The van der Waals surface area contributed by atoms with Gasteiger partial charge in [0.05, 0.1) is 11.9 Å². The van der Waals surface area contributed by atoms with Gasteiger partial charge in [-0.25, -0.2) is 9.97 Å². The smallest absolute Gasteiger partial charge is 0.225 e. The summed E-state index contributed by atoms with van der Waals surface area (Å²) in [6.45, 7) is 6.31. The van der Waals surface area contributed by atoms with Gasteiger partial charge in [-0.1, -0.05) is 24.6 Å². The lowest BCUT2D eigenvalue weighted by Gasteiger charge is -2.24. The summed E-state index contributed by atoms with van der Waals surface area (Å²) in [5.41, 5.74) is 8.07. The third-order valence-corrected chi connectivity index (χ3v) is 4.06. The number of hydrogen-bond donors (Lipinski definition) is 2. The van der Waals surface area contributed by atoms with Crippen molar-refractivity contribution in [3.63, 3.8) is 0 Å². The molecule has 0 unspecified atom stereocenters. The van der Waals surface area contributed by atoms with Gasteiger partial charge in [0.2, 0.25) is 11.9 Å². The molecule has 0 saturated carbocycles. The highest BCUT2D eigenvalue weighted by atomic mass is 35.5. The van der Waals surface area contributed by atoms with E-state index in [0.717, 1.165) is 12.1 Å². The van der Waals surface area contributed by atoms with Crippen LogP contribution in [0.3, 0.4) is 0 Å². The quantitative estimate of drug-likeness (QED) is 0.763. The van der Waals surface area contributed by atoms with Crippen LogP contribution >= 0.6 is 11.6 Å². The van der Waals surface area contributed by atoms with Crippen LogP contribution in [-0.2, 0) is 0 Å². The number of anilines is 2. The minimum absolute atomic E-state index is 0.0971. The van der Waals surface area contributed by atoms with Gasteiger partial charge >= 0.3 is 0 Å². The fourth-order valence-corrected chi connectivity index (χ4v) is 2.40. The Morgan fingerprint density at radius 2 is 2.09 bits per heavy atom. The van der Waals surface area contributed by atoms with E-state index in [1.807, 2.05) is 24.3 Å². The standard InChI is InChI=1S/C16H19ClN6/c1-4-16(2,3)22-15-19-9-12-13(21-15)23(14(18)20-12)11-7-5-6-10(17)8-11/h5-9H,4H2,1-3H3,(H2,18,20)(H,19,21,22). The van der Waals surface area contributed by atoms with Crippen LogP contribution in [0.1, 0.15) is 27.2 Å². The summed E-state index contributed by atoms with van der Waals surface area (Å²) in [5, 5.41) is 3.96. The number of halogens is 1. The van der Waals surface area contributed by atoms with Crippen LogP contribution in [0.25, 0.3) is 16.9 Å². The molecule has 0 aliphatic rings. The molecular weight excluding hydrogens is 312 g/mol. The van der Waals surface area contributed by atoms with Crippen LogP contribution < -0.4 is 11.1 Å². The monoisotopic (exact) mass is 330 g/mol. The van der Waals surface area contributed by atoms with Gasteiger partial charge in [0.15, 0.2) is 5.65 Å². The van der Waals surface area contributed by atoms with E-state index in [1.54, 1.807) is 10.8 Å². The molecule has 0 aliphatic carbocycles. The Morgan fingerprint density at radius 1 is 1.30 bits per heavy atom. The highest BCUT2D eigenvalue weighted by Crippen LogP contribution is 2.24. The zero-order chi connectivity index (χ0) is 16.6. The van der Waals surface area contributed by atoms with Gasteiger partial charge in [-0.2, -0.15) is 4.98 Å². The molecule has 0 amide bonds. The zero-order valence-corrected chi connectivity index (χ0v) is 14.1. The van der Waals surface area contributed by atoms with E-state index in [2.05, 4.69) is 41.0 Å². The average Bonchev–Trinajstić information content (AvgIpc) is 2.82. The molecule has 2 heterocycles. The summed E-state index contributed by atoms with van der Waals surface area (Å²) >= 11 is 6.08. The van der Waals surface area contributed by atoms with Gasteiger partial charge in [-0.3, -0.25) is 4.57 Å². The second-order valence-electron chi connectivity index (χ2n) is 6.05. The van der Waals surface area contributed by atoms with Gasteiger partial charge in [0, 0.05) is 10.6 Å². The average molecular weight is 331 g/mol. The van der Waals surface area contributed by atoms with Crippen molar-refractivity contribution in [2.24, 2.45) is 0 Å². The number of rotatable bonds is 4. The predicted molar refractivity (Wildman–Crippen MR) is 94.1 cm³/mol. The summed E-state index contributed by atoms with van der Waals surface area (Å²) in [5.74, 6) is 0.899. The molecule has 1 aromatic carbocycles. The number of benzene rings is 1. The first-order valence-corrected chi connectivity index (χ1v) is 7.82. The van der Waals surface area contributed by atoms with E-state index in [0.29, 0.717) is 28.1 Å². The summed E-state index contributed by atoms with van der Waals surface area (Å²) in [4.78, 5) is 13.2. The van der Waals surface area contributed by atoms with Gasteiger partial charge in [0.1, 0.15) is 5.52 Å². The molecule has 0 saturated heterocycles. The van der Waals surface area contributed by atoms with E-state index in [1.165, 1.54) is 0 Å². The number of aromatic nitrogens is 4. The predicted octanol–water partition coefficient (Wildman–Crippen LogP) is 3.65. The van der Waals surface area contributed by atoms with Gasteiger partial charge in [-0.05, 0) is 38.5 Å². The Morgan fingerprint density at radius 3 is 2.78 bits per heavy atom. The molecule has 0 aliphatic heterocycles. The lowest BCUT2D eigenvalue weighted by Crippen LogP contribution is -2.30. The van der Waals surface area contributed by atoms with Gasteiger partial charge in [0.25, 0.3) is 0 Å². The molecular formula is C16H19ClN6. The first-order valence-electron chi connectivity index (χ1n) is 7.45. The lowest BCUT2D eigenvalue weighted by atomic mass is 10.0. The van der Waals surface area contributed by atoms with Crippen molar-refractivity contribution in [2.45, 2.75) is 32.7 Å². The first-order chi connectivity index (χ1) is 10.9. The highest BCUT2D eigenvalue weighted by Gasteiger charge is 2.18. The molecule has 0 atom stereocenters. The molecule has 0 radical (unpaired) electrons. The number of nitrogens with one attached hydrogen (secondary N) is 1. The Bertz CT molecular complexity index is 855. The summed E-state index contributed by atoms with van der Waals surface area (Å²) < 4.78 is 1.77. The van der Waals surface area contributed by atoms with E-state index in [4.69, 9.17) is 17.3 Å². The van der Waals surface area contributed by atoms with Crippen molar-refractivity contribution >= 4 is 34.7 Å². The van der Waals surface area contributed by atoms with E-state index >= 15 is 0 Å². The van der Waals surface area contributed by atoms with Crippen LogP contribution in [0.15, 0.2) is 30.5 Å². The number of hydrogen-bond acceptors (Lipinski definition) is 5. The topological polar surface area (TPSA) is 81.6 Å². The van der Waals surface area contributed by atoms with Crippen molar-refractivity contribution in [3.05, 3.63) is 35.5 Å². The van der Waals surface area contributed by atoms with Crippen LogP contribution in [-0.4, -0.2) is 25.1 Å². The molecule has 23 heavy (non-hydrogen) atoms. The van der Waals surface area contributed by atoms with Crippen molar-refractivity contribution in [1.82, 2.24) is 19.5 Å². The molecule has 120 valence electrons. The summed E-state index contributed by atoms with van der Waals surface area (Å²) in [6, 6.07) is 7.41. The van der Waals surface area contributed by atoms with Gasteiger partial charge < -0.3 is 11.1 Å². The molecule has 3 rings (SSSR count). The van der Waals surface area contributed by atoms with E-state index in [9.17, 15) is 0 Å². The fourth-order valence-electron chi connectivity index (χ4n) is 2.21. The maximum absolute atomic E-state index is 6.08. The van der Waals surface area contributed by atoms with Crippen LogP contribution in [0, 0.1) is 0 Å². The molecule has 2 aromatic heterocycles. The van der Waals surface area contributed by atoms with Crippen molar-refractivity contribution < 1.29 is 0 Å². The summed E-state index contributed by atoms with van der Waals surface area (Å²) in [6.07, 6.45) is 2.62. The molecule has 6 nitrogen and oxygen atoms in total. The molecule has 3 N–H and O–H groups in total. The minimum Gasteiger partial charge on any atom is -0.369 e. The maximum atomic E-state index is 6.08. The molecule has 7 heteroatoms. The third kappa shape index (κ3) is 3.07. The van der Waals surface area contributed by atoms with Crippen LogP contribution in [0.2, 0.25) is 5.02 Å². The van der Waals surface area contributed by atoms with E-state index < -0.39 is 0 Å². The molecule has 0 spiro atoms. The first kappa shape index (κ1) is 15.6. The second kappa shape index (κ2) is 5.70. The third-order valence-electron chi connectivity index (χ3n) is 3.83.